The first kappa shape index (κ1) is 23.0. The molecule has 0 bridgehead atoms. The number of aromatic nitrogens is 1. The SMILES string of the molecule is COCCn1c(C)cc(C(=O)COC(=O)CCN2C(=O)NC3(CCCCC3)C2=O)c1C. The summed E-state index contributed by atoms with van der Waals surface area (Å²) in [5.41, 5.74) is 1.43. The Labute approximate surface area is 182 Å². The van der Waals surface area contributed by atoms with Crippen LogP contribution in [0.3, 0.4) is 0 Å². The lowest BCUT2D eigenvalue weighted by molar-refractivity contribution is -0.143. The van der Waals surface area contributed by atoms with E-state index in [2.05, 4.69) is 5.32 Å². The molecule has 0 radical (unpaired) electrons. The highest BCUT2D eigenvalue weighted by atomic mass is 16.5. The van der Waals surface area contributed by atoms with Gasteiger partial charge >= 0.3 is 12.0 Å². The Morgan fingerprint density at radius 1 is 1.13 bits per heavy atom. The molecule has 1 aliphatic heterocycles. The average molecular weight is 434 g/mol. The summed E-state index contributed by atoms with van der Waals surface area (Å²) in [6, 6.07) is 1.32. The van der Waals surface area contributed by atoms with E-state index in [1.807, 2.05) is 18.4 Å². The number of Topliss-reactive ketones (excluding diaryl/α,β-unsaturated/α-hetero) is 1. The normalized spacial score (nSPS) is 17.8. The second-order valence-corrected chi connectivity index (χ2v) is 8.29. The first-order chi connectivity index (χ1) is 14.8. The van der Waals surface area contributed by atoms with Crippen molar-refractivity contribution in [3.8, 4) is 0 Å². The molecule has 3 rings (SSSR count). The second kappa shape index (κ2) is 9.64. The van der Waals surface area contributed by atoms with Crippen molar-refractivity contribution in [3.05, 3.63) is 23.0 Å². The Morgan fingerprint density at radius 2 is 1.84 bits per heavy atom. The first-order valence-corrected chi connectivity index (χ1v) is 10.8. The third-order valence-electron chi connectivity index (χ3n) is 6.25. The van der Waals surface area contributed by atoms with Crippen LogP contribution in [0.4, 0.5) is 4.79 Å². The van der Waals surface area contributed by atoms with Crippen LogP contribution in [0.2, 0.25) is 0 Å². The van der Waals surface area contributed by atoms with Crippen molar-refractivity contribution in [2.45, 2.75) is 64.5 Å². The van der Waals surface area contributed by atoms with Gasteiger partial charge in [0.25, 0.3) is 5.91 Å². The molecule has 1 aromatic heterocycles. The molecule has 2 aliphatic rings. The van der Waals surface area contributed by atoms with Gasteiger partial charge in [0, 0.05) is 37.2 Å². The lowest BCUT2D eigenvalue weighted by Crippen LogP contribution is -2.48. The Kier molecular flexibility index (Phi) is 7.15. The molecule has 3 amide bonds. The van der Waals surface area contributed by atoms with Gasteiger partial charge in [-0.2, -0.15) is 0 Å². The van der Waals surface area contributed by atoms with Gasteiger partial charge in [-0.3, -0.25) is 19.3 Å². The maximum absolute atomic E-state index is 12.7. The van der Waals surface area contributed by atoms with Crippen molar-refractivity contribution in [1.29, 1.82) is 0 Å². The summed E-state index contributed by atoms with van der Waals surface area (Å²) in [4.78, 5) is 50.7. The Morgan fingerprint density at radius 3 is 2.52 bits per heavy atom. The molecule has 0 unspecified atom stereocenters. The Bertz CT molecular complexity index is 869. The van der Waals surface area contributed by atoms with Crippen molar-refractivity contribution in [3.63, 3.8) is 0 Å². The van der Waals surface area contributed by atoms with E-state index in [1.54, 1.807) is 13.2 Å². The molecule has 170 valence electrons. The number of esters is 1. The smallest absolute Gasteiger partial charge is 0.325 e. The van der Waals surface area contributed by atoms with Crippen molar-refractivity contribution in [2.24, 2.45) is 0 Å². The summed E-state index contributed by atoms with van der Waals surface area (Å²) < 4.78 is 12.2. The molecule has 1 aliphatic carbocycles. The number of rotatable bonds is 9. The van der Waals surface area contributed by atoms with Gasteiger partial charge in [-0.15, -0.1) is 0 Å². The average Bonchev–Trinajstić information content (AvgIpc) is 3.16. The third kappa shape index (κ3) is 4.81. The van der Waals surface area contributed by atoms with E-state index in [0.29, 0.717) is 31.6 Å². The minimum absolute atomic E-state index is 0.0506. The predicted octanol–water partition coefficient (Wildman–Crippen LogP) is 2.12. The van der Waals surface area contributed by atoms with E-state index in [-0.39, 0.29) is 31.3 Å². The van der Waals surface area contributed by atoms with E-state index in [1.165, 1.54) is 0 Å². The number of ether oxygens (including phenoxy) is 2. The standard InChI is InChI=1S/C22H31N3O6/c1-15-13-17(16(2)24(15)11-12-30-3)18(26)14-31-19(27)7-10-25-20(28)22(23-21(25)29)8-5-4-6-9-22/h13H,4-12,14H2,1-3H3,(H,23,29). The van der Waals surface area contributed by atoms with Crippen molar-refractivity contribution in [2.75, 3.05) is 26.9 Å². The molecule has 2 heterocycles. The zero-order chi connectivity index (χ0) is 22.6. The number of nitrogens with one attached hydrogen (secondary N) is 1. The molecule has 0 aromatic carbocycles. The van der Waals surface area contributed by atoms with Crippen molar-refractivity contribution < 1.29 is 28.7 Å². The topological polar surface area (TPSA) is 107 Å². The number of aryl methyl sites for hydroxylation is 1. The number of carbonyl (C=O) groups is 4. The summed E-state index contributed by atoms with van der Waals surface area (Å²) in [5, 5.41) is 2.81. The fourth-order valence-electron chi connectivity index (χ4n) is 4.48. The van der Waals surface area contributed by atoms with Crippen LogP contribution in [-0.2, 0) is 25.6 Å². The number of hydrogen-bond acceptors (Lipinski definition) is 6. The highest BCUT2D eigenvalue weighted by Crippen LogP contribution is 2.33. The lowest BCUT2D eigenvalue weighted by atomic mass is 9.82. The van der Waals surface area contributed by atoms with Gasteiger partial charge in [-0.25, -0.2) is 4.79 Å². The first-order valence-electron chi connectivity index (χ1n) is 10.8. The fourth-order valence-corrected chi connectivity index (χ4v) is 4.48. The van der Waals surface area contributed by atoms with Gasteiger partial charge in [-0.1, -0.05) is 19.3 Å². The number of hydrogen-bond donors (Lipinski definition) is 1. The molecule has 0 atom stereocenters. The van der Waals surface area contributed by atoms with E-state index in [4.69, 9.17) is 9.47 Å². The molecule has 1 N–H and O–H groups in total. The fraction of sp³-hybridized carbons (Fsp3) is 0.636. The maximum atomic E-state index is 12.7. The largest absolute Gasteiger partial charge is 0.457 e. The minimum atomic E-state index is -0.805. The minimum Gasteiger partial charge on any atom is -0.457 e. The summed E-state index contributed by atoms with van der Waals surface area (Å²) in [6.07, 6.45) is 3.98. The highest BCUT2D eigenvalue weighted by Gasteiger charge is 2.51. The van der Waals surface area contributed by atoms with E-state index >= 15 is 0 Å². The Balaban J connectivity index is 1.50. The quantitative estimate of drug-likeness (QED) is 0.363. The predicted molar refractivity (Wildman–Crippen MR) is 112 cm³/mol. The number of ketones is 1. The van der Waals surface area contributed by atoms with Crippen LogP contribution in [0, 0.1) is 13.8 Å². The van der Waals surface area contributed by atoms with Gasteiger partial charge in [0.05, 0.1) is 13.0 Å². The molecule has 31 heavy (non-hydrogen) atoms. The molecule has 9 nitrogen and oxygen atoms in total. The zero-order valence-corrected chi connectivity index (χ0v) is 18.5. The molecular formula is C22H31N3O6. The van der Waals surface area contributed by atoms with Crippen LogP contribution in [0.25, 0.3) is 0 Å². The van der Waals surface area contributed by atoms with Crippen LogP contribution >= 0.6 is 0 Å². The van der Waals surface area contributed by atoms with Crippen LogP contribution < -0.4 is 5.32 Å². The molecule has 1 spiro atoms. The second-order valence-electron chi connectivity index (χ2n) is 8.29. The number of amides is 3. The van der Waals surface area contributed by atoms with Gasteiger partial charge < -0.3 is 19.4 Å². The van der Waals surface area contributed by atoms with E-state index in [9.17, 15) is 19.2 Å². The van der Waals surface area contributed by atoms with Gasteiger partial charge in [0.15, 0.2) is 6.61 Å². The van der Waals surface area contributed by atoms with Crippen LogP contribution in [0.1, 0.15) is 60.3 Å². The van der Waals surface area contributed by atoms with Crippen LogP contribution in [0.5, 0.6) is 0 Å². The summed E-state index contributed by atoms with van der Waals surface area (Å²) >= 11 is 0. The Hall–Kier alpha value is -2.68. The van der Waals surface area contributed by atoms with Crippen LogP contribution in [-0.4, -0.2) is 65.6 Å². The monoisotopic (exact) mass is 433 g/mol. The van der Waals surface area contributed by atoms with Gasteiger partial charge in [0.1, 0.15) is 5.54 Å². The summed E-state index contributed by atoms with van der Waals surface area (Å²) in [5.74, 6) is -1.17. The molecular weight excluding hydrogens is 402 g/mol. The number of carbonyl (C=O) groups excluding carboxylic acids is 4. The number of imide groups is 1. The highest BCUT2D eigenvalue weighted by molar-refractivity contribution is 6.07. The maximum Gasteiger partial charge on any atom is 0.325 e. The number of nitrogens with zero attached hydrogens (tertiary/aromatic N) is 2. The van der Waals surface area contributed by atoms with Crippen molar-refractivity contribution >= 4 is 23.7 Å². The zero-order valence-electron chi connectivity index (χ0n) is 18.5. The number of methoxy groups -OCH3 is 1. The van der Waals surface area contributed by atoms with Gasteiger partial charge in [0.2, 0.25) is 5.78 Å². The van der Waals surface area contributed by atoms with Crippen LogP contribution in [0.15, 0.2) is 6.07 Å². The van der Waals surface area contributed by atoms with E-state index < -0.39 is 17.5 Å². The summed E-state index contributed by atoms with van der Waals surface area (Å²) in [6.45, 7) is 4.49. The lowest BCUT2D eigenvalue weighted by Gasteiger charge is -2.30. The molecule has 1 saturated carbocycles. The number of urea groups is 1. The summed E-state index contributed by atoms with van der Waals surface area (Å²) in [7, 11) is 1.62. The molecule has 9 heteroatoms. The van der Waals surface area contributed by atoms with E-state index in [0.717, 1.165) is 35.6 Å². The third-order valence-corrected chi connectivity index (χ3v) is 6.25. The molecule has 1 aromatic rings. The molecule has 2 fully saturated rings. The molecule has 1 saturated heterocycles. The van der Waals surface area contributed by atoms with Gasteiger partial charge in [-0.05, 0) is 32.8 Å². The van der Waals surface area contributed by atoms with Crippen molar-refractivity contribution in [1.82, 2.24) is 14.8 Å².